The molecule has 4 heterocycles. The lowest BCUT2D eigenvalue weighted by molar-refractivity contribution is 0.311. The number of anilines is 5. The highest BCUT2D eigenvalue weighted by molar-refractivity contribution is 9.10. The monoisotopic (exact) mass is 611 g/mol. The van der Waals surface area contributed by atoms with Gasteiger partial charge in [0.15, 0.2) is 0 Å². The molecular weight excluding hydrogens is 581 g/mol. The lowest BCUT2D eigenvalue weighted by atomic mass is 10.2. The number of piperazine rings is 1. The smallest absolute Gasteiger partial charge is 0.239 e. The van der Waals surface area contributed by atoms with Gasteiger partial charge in [-0.05, 0) is 67.0 Å². The average Bonchev–Trinajstić information content (AvgIpc) is 2.90. The standard InChI is InChI=1S/C26H31BrN9O2P/c1-16-14-20(25(38-3)34-24(16)36-12-10-35(2)11-13-36)32-26-30-15-17(27)23(33-26)31-19-7-6-18-21(29-9-8-28-18)22(19)39(4,5)37/h6-9,14-15H,10-13H2,1-5H3,(H2,30,31,32,33). The fourth-order valence-corrected chi connectivity index (χ4v) is 6.28. The van der Waals surface area contributed by atoms with Crippen LogP contribution in [-0.4, -0.2) is 83.5 Å². The lowest BCUT2D eigenvalue weighted by Crippen LogP contribution is -2.45. The number of benzene rings is 1. The highest BCUT2D eigenvalue weighted by Gasteiger charge is 2.23. The Morgan fingerprint density at radius 2 is 1.74 bits per heavy atom. The van der Waals surface area contributed by atoms with Gasteiger partial charge in [-0.1, -0.05) is 0 Å². The van der Waals surface area contributed by atoms with Crippen molar-refractivity contribution < 1.29 is 9.30 Å². The van der Waals surface area contributed by atoms with E-state index in [9.17, 15) is 4.57 Å². The number of hydrogen-bond donors (Lipinski definition) is 2. The van der Waals surface area contributed by atoms with Crippen molar-refractivity contribution in [2.24, 2.45) is 0 Å². The van der Waals surface area contributed by atoms with Gasteiger partial charge < -0.3 is 29.7 Å². The number of pyridine rings is 1. The molecule has 0 saturated carbocycles. The first-order chi connectivity index (χ1) is 18.6. The topological polar surface area (TPSA) is 121 Å². The molecule has 1 saturated heterocycles. The maximum atomic E-state index is 13.3. The summed E-state index contributed by atoms with van der Waals surface area (Å²) in [6.45, 7) is 9.28. The Labute approximate surface area is 235 Å². The first-order valence-electron chi connectivity index (χ1n) is 12.5. The van der Waals surface area contributed by atoms with Crippen LogP contribution in [0.25, 0.3) is 11.0 Å². The molecule has 0 bridgehead atoms. The molecule has 39 heavy (non-hydrogen) atoms. The molecule has 2 N–H and O–H groups in total. The van der Waals surface area contributed by atoms with Crippen LogP contribution >= 0.6 is 23.1 Å². The molecule has 0 radical (unpaired) electrons. The van der Waals surface area contributed by atoms with Gasteiger partial charge in [0.05, 0.1) is 28.1 Å². The lowest BCUT2D eigenvalue weighted by Gasteiger charge is -2.34. The Hall–Kier alpha value is -3.34. The number of nitrogens with one attached hydrogen (secondary N) is 2. The Morgan fingerprint density at radius 1 is 1.00 bits per heavy atom. The van der Waals surface area contributed by atoms with Crippen LogP contribution in [0.4, 0.5) is 29.0 Å². The van der Waals surface area contributed by atoms with E-state index in [1.165, 1.54) is 0 Å². The van der Waals surface area contributed by atoms with E-state index in [0.29, 0.717) is 49.8 Å². The molecule has 0 atom stereocenters. The van der Waals surface area contributed by atoms with Crippen LogP contribution in [0.2, 0.25) is 0 Å². The number of hydrogen-bond acceptors (Lipinski definition) is 11. The predicted octanol–water partition coefficient (Wildman–Crippen LogP) is 4.38. The number of nitrogens with zero attached hydrogens (tertiary/aromatic N) is 7. The number of ether oxygens (including phenoxy) is 1. The summed E-state index contributed by atoms with van der Waals surface area (Å²) in [5.41, 5.74) is 3.62. The summed E-state index contributed by atoms with van der Waals surface area (Å²) in [6, 6.07) is 5.70. The molecule has 0 aliphatic carbocycles. The van der Waals surface area contributed by atoms with Crippen molar-refractivity contribution in [3.63, 3.8) is 0 Å². The second-order valence-electron chi connectivity index (χ2n) is 9.85. The zero-order valence-electron chi connectivity index (χ0n) is 22.6. The van der Waals surface area contributed by atoms with Crippen molar-refractivity contribution in [2.75, 3.05) is 69.2 Å². The van der Waals surface area contributed by atoms with Crippen LogP contribution in [0, 0.1) is 6.92 Å². The van der Waals surface area contributed by atoms with E-state index in [2.05, 4.69) is 63.3 Å². The van der Waals surface area contributed by atoms with Gasteiger partial charge in [0.2, 0.25) is 11.8 Å². The average molecular weight is 612 g/mol. The summed E-state index contributed by atoms with van der Waals surface area (Å²) in [5.74, 6) is 2.23. The van der Waals surface area contributed by atoms with E-state index in [1.807, 2.05) is 25.1 Å². The summed E-state index contributed by atoms with van der Waals surface area (Å²) in [7, 11) is 1.00. The molecule has 0 amide bonds. The molecule has 5 rings (SSSR count). The van der Waals surface area contributed by atoms with Gasteiger partial charge in [-0.2, -0.15) is 9.97 Å². The normalized spacial score (nSPS) is 14.5. The minimum absolute atomic E-state index is 0.353. The minimum Gasteiger partial charge on any atom is -0.479 e. The maximum absolute atomic E-state index is 13.3. The summed E-state index contributed by atoms with van der Waals surface area (Å²) in [5, 5.41) is 7.20. The molecule has 4 aromatic rings. The molecule has 0 unspecified atom stereocenters. The molecule has 204 valence electrons. The van der Waals surface area contributed by atoms with Crippen molar-refractivity contribution in [1.82, 2.24) is 29.8 Å². The third-order valence-electron chi connectivity index (χ3n) is 6.54. The molecule has 3 aromatic heterocycles. The van der Waals surface area contributed by atoms with E-state index < -0.39 is 7.14 Å². The highest BCUT2D eigenvalue weighted by atomic mass is 79.9. The van der Waals surface area contributed by atoms with Crippen LogP contribution in [0.15, 0.2) is 41.3 Å². The first kappa shape index (κ1) is 27.2. The van der Waals surface area contributed by atoms with E-state index >= 15 is 0 Å². The van der Waals surface area contributed by atoms with E-state index in [1.54, 1.807) is 39.0 Å². The van der Waals surface area contributed by atoms with Gasteiger partial charge in [0.1, 0.15) is 30.0 Å². The minimum atomic E-state index is -2.73. The summed E-state index contributed by atoms with van der Waals surface area (Å²) in [4.78, 5) is 27.4. The Bertz CT molecular complexity index is 1570. The fraction of sp³-hybridized carbons (Fsp3) is 0.346. The van der Waals surface area contributed by atoms with Crippen molar-refractivity contribution in [3.8, 4) is 5.88 Å². The van der Waals surface area contributed by atoms with E-state index in [-0.39, 0.29) is 0 Å². The van der Waals surface area contributed by atoms with E-state index in [4.69, 9.17) is 9.72 Å². The summed E-state index contributed by atoms with van der Waals surface area (Å²) >= 11 is 3.54. The SMILES string of the molecule is COc1nc(N2CCN(C)CC2)c(C)cc1Nc1ncc(Br)c(Nc2ccc3nccnc3c2P(C)(C)=O)n1. The molecular formula is C26H31BrN9O2P. The van der Waals surface area contributed by atoms with Gasteiger partial charge in [-0.25, -0.2) is 4.98 Å². The van der Waals surface area contributed by atoms with Crippen LogP contribution < -0.4 is 25.6 Å². The van der Waals surface area contributed by atoms with Crippen LogP contribution in [-0.2, 0) is 4.57 Å². The maximum Gasteiger partial charge on any atom is 0.239 e. The number of rotatable bonds is 7. The van der Waals surface area contributed by atoms with E-state index in [0.717, 1.165) is 37.6 Å². The van der Waals surface area contributed by atoms with Crippen LogP contribution in [0.5, 0.6) is 5.88 Å². The Morgan fingerprint density at radius 3 is 2.46 bits per heavy atom. The molecule has 13 heteroatoms. The number of likely N-dealkylation sites (N-methyl/N-ethyl adjacent to an activating group) is 1. The molecule has 11 nitrogen and oxygen atoms in total. The quantitative estimate of drug-likeness (QED) is 0.289. The van der Waals surface area contributed by atoms with Crippen molar-refractivity contribution in [1.29, 1.82) is 0 Å². The second-order valence-corrected chi connectivity index (χ2v) is 13.9. The van der Waals surface area contributed by atoms with Gasteiger partial charge in [-0.3, -0.25) is 9.97 Å². The third kappa shape index (κ3) is 5.83. The molecule has 1 aliphatic rings. The third-order valence-corrected chi connectivity index (χ3v) is 8.65. The first-order valence-corrected chi connectivity index (χ1v) is 15.9. The largest absolute Gasteiger partial charge is 0.479 e. The van der Waals surface area contributed by atoms with Crippen molar-refractivity contribution >= 4 is 68.4 Å². The van der Waals surface area contributed by atoms with Crippen LogP contribution in [0.1, 0.15) is 5.56 Å². The number of aryl methyl sites for hydroxylation is 1. The number of halogens is 1. The van der Waals surface area contributed by atoms with Crippen molar-refractivity contribution in [3.05, 3.63) is 46.8 Å². The van der Waals surface area contributed by atoms with Gasteiger partial charge in [-0.15, -0.1) is 0 Å². The summed E-state index contributed by atoms with van der Waals surface area (Å²) in [6.07, 6.45) is 4.88. The Balaban J connectivity index is 1.46. The molecule has 1 fully saturated rings. The molecule has 1 aliphatic heterocycles. The molecule has 0 spiro atoms. The van der Waals surface area contributed by atoms with Crippen LogP contribution in [0.3, 0.4) is 0 Å². The van der Waals surface area contributed by atoms with Gasteiger partial charge in [0, 0.05) is 44.8 Å². The second kappa shape index (κ2) is 11.0. The number of aromatic nitrogens is 5. The summed E-state index contributed by atoms with van der Waals surface area (Å²) < 4.78 is 19.6. The number of fused-ring (bicyclic) bond motifs is 1. The zero-order valence-corrected chi connectivity index (χ0v) is 25.0. The fourth-order valence-electron chi connectivity index (χ4n) is 4.60. The number of methoxy groups -OCH3 is 1. The van der Waals surface area contributed by atoms with Gasteiger partial charge in [0.25, 0.3) is 0 Å². The Kier molecular flexibility index (Phi) is 7.70. The predicted molar refractivity (Wildman–Crippen MR) is 160 cm³/mol. The molecule has 1 aromatic carbocycles. The van der Waals surface area contributed by atoms with Gasteiger partial charge >= 0.3 is 0 Å². The van der Waals surface area contributed by atoms with Crippen molar-refractivity contribution in [2.45, 2.75) is 6.92 Å². The zero-order chi connectivity index (χ0) is 27.7. The highest BCUT2D eigenvalue weighted by Crippen LogP contribution is 2.41.